The highest BCUT2D eigenvalue weighted by atomic mass is 79.9. The van der Waals surface area contributed by atoms with Gasteiger partial charge in [0.1, 0.15) is 0 Å². The van der Waals surface area contributed by atoms with E-state index in [0.29, 0.717) is 0 Å². The number of halogens is 3. The second-order valence-electron chi connectivity index (χ2n) is 4.12. The molecule has 1 aliphatic heterocycles. The Hall–Kier alpha value is -0.190. The van der Waals surface area contributed by atoms with Crippen molar-refractivity contribution in [3.8, 4) is 0 Å². The first-order valence-electron chi connectivity index (χ1n) is 4.58. The van der Waals surface area contributed by atoms with Gasteiger partial charge in [0, 0.05) is 25.9 Å². The number of hydrogen-bond donors (Lipinski definition) is 0. The molecule has 0 unspecified atom stereocenters. The SMILES string of the molecule is CC(C)(Br)C(=O)N1CCC(F)(F)CC1. The van der Waals surface area contributed by atoms with E-state index in [1.54, 1.807) is 13.8 Å². The highest BCUT2D eigenvalue weighted by Gasteiger charge is 2.38. The van der Waals surface area contributed by atoms with Gasteiger partial charge in [-0.1, -0.05) is 15.9 Å². The van der Waals surface area contributed by atoms with E-state index < -0.39 is 10.2 Å². The second kappa shape index (κ2) is 3.76. The first-order valence-corrected chi connectivity index (χ1v) is 5.38. The Bertz CT molecular complexity index is 227. The Kier molecular flexibility index (Phi) is 3.19. The smallest absolute Gasteiger partial charge is 0.251 e. The Morgan fingerprint density at radius 3 is 2.14 bits per heavy atom. The molecule has 0 aromatic heterocycles. The van der Waals surface area contributed by atoms with Gasteiger partial charge in [-0.05, 0) is 13.8 Å². The third-order valence-electron chi connectivity index (χ3n) is 2.29. The van der Waals surface area contributed by atoms with E-state index in [-0.39, 0.29) is 31.8 Å². The molecule has 0 aromatic carbocycles. The number of carbonyl (C=O) groups excluding carboxylic acids is 1. The zero-order valence-electron chi connectivity index (χ0n) is 8.32. The van der Waals surface area contributed by atoms with Crippen molar-refractivity contribution in [2.24, 2.45) is 0 Å². The van der Waals surface area contributed by atoms with E-state index in [0.717, 1.165) is 0 Å². The average molecular weight is 270 g/mol. The summed E-state index contributed by atoms with van der Waals surface area (Å²) in [7, 11) is 0. The molecule has 1 heterocycles. The number of likely N-dealkylation sites (tertiary alicyclic amines) is 1. The topological polar surface area (TPSA) is 20.3 Å². The molecule has 1 saturated heterocycles. The van der Waals surface area contributed by atoms with Crippen LogP contribution in [0.5, 0.6) is 0 Å². The van der Waals surface area contributed by atoms with E-state index >= 15 is 0 Å². The summed E-state index contributed by atoms with van der Waals surface area (Å²) in [6.45, 7) is 3.76. The molecule has 1 rings (SSSR count). The van der Waals surface area contributed by atoms with Gasteiger partial charge >= 0.3 is 0 Å². The van der Waals surface area contributed by atoms with Gasteiger partial charge < -0.3 is 4.90 Å². The van der Waals surface area contributed by atoms with Gasteiger partial charge in [0.15, 0.2) is 0 Å². The van der Waals surface area contributed by atoms with Crippen LogP contribution in [-0.2, 0) is 4.79 Å². The molecule has 2 nitrogen and oxygen atoms in total. The maximum absolute atomic E-state index is 12.8. The highest BCUT2D eigenvalue weighted by molar-refractivity contribution is 9.10. The van der Waals surface area contributed by atoms with Crippen molar-refractivity contribution < 1.29 is 13.6 Å². The monoisotopic (exact) mass is 269 g/mol. The van der Waals surface area contributed by atoms with Gasteiger partial charge in [-0.2, -0.15) is 0 Å². The first kappa shape index (κ1) is 11.9. The summed E-state index contributed by atoms with van der Waals surface area (Å²) in [4.78, 5) is 13.2. The maximum Gasteiger partial charge on any atom is 0.251 e. The summed E-state index contributed by atoms with van der Waals surface area (Å²) in [6, 6.07) is 0. The van der Waals surface area contributed by atoms with Crippen molar-refractivity contribution in [3.05, 3.63) is 0 Å². The van der Waals surface area contributed by atoms with E-state index in [2.05, 4.69) is 15.9 Å². The van der Waals surface area contributed by atoms with Crippen molar-refractivity contribution in [2.75, 3.05) is 13.1 Å². The molecular weight excluding hydrogens is 256 g/mol. The van der Waals surface area contributed by atoms with Crippen LogP contribution in [0.25, 0.3) is 0 Å². The fourth-order valence-electron chi connectivity index (χ4n) is 1.41. The number of rotatable bonds is 1. The van der Waals surface area contributed by atoms with Crippen molar-refractivity contribution in [2.45, 2.75) is 36.9 Å². The molecule has 0 aliphatic carbocycles. The Balaban J connectivity index is 2.55. The van der Waals surface area contributed by atoms with Crippen LogP contribution in [0, 0.1) is 0 Å². The Morgan fingerprint density at radius 2 is 1.79 bits per heavy atom. The Labute approximate surface area is 90.8 Å². The number of amides is 1. The first-order chi connectivity index (χ1) is 6.22. The summed E-state index contributed by atoms with van der Waals surface area (Å²) in [5.41, 5.74) is 0. The molecule has 0 spiro atoms. The molecule has 0 N–H and O–H groups in total. The van der Waals surface area contributed by atoms with Gasteiger partial charge in [-0.3, -0.25) is 4.79 Å². The minimum Gasteiger partial charge on any atom is -0.341 e. The van der Waals surface area contributed by atoms with Crippen molar-refractivity contribution in [1.29, 1.82) is 0 Å². The second-order valence-corrected chi connectivity index (χ2v) is 6.10. The third kappa shape index (κ3) is 2.90. The van der Waals surface area contributed by atoms with Crippen molar-refractivity contribution in [3.63, 3.8) is 0 Å². The van der Waals surface area contributed by atoms with Crippen LogP contribution in [-0.4, -0.2) is 34.1 Å². The van der Waals surface area contributed by atoms with Gasteiger partial charge in [0.25, 0.3) is 5.92 Å². The summed E-state index contributed by atoms with van der Waals surface area (Å²) >= 11 is 3.23. The zero-order valence-corrected chi connectivity index (χ0v) is 9.90. The van der Waals surface area contributed by atoms with Crippen LogP contribution in [0.1, 0.15) is 26.7 Å². The molecule has 5 heteroatoms. The summed E-state index contributed by atoms with van der Waals surface area (Å²) < 4.78 is 24.9. The largest absolute Gasteiger partial charge is 0.341 e. The predicted octanol–water partition coefficient (Wildman–Crippen LogP) is 2.42. The third-order valence-corrected chi connectivity index (χ3v) is 2.63. The van der Waals surface area contributed by atoms with Gasteiger partial charge in [0.2, 0.25) is 5.91 Å². The fourth-order valence-corrected chi connectivity index (χ4v) is 1.66. The maximum atomic E-state index is 12.8. The van der Waals surface area contributed by atoms with E-state index in [1.807, 2.05) is 0 Å². The molecule has 1 amide bonds. The molecule has 82 valence electrons. The van der Waals surface area contributed by atoms with Crippen LogP contribution in [0.15, 0.2) is 0 Å². The minimum absolute atomic E-state index is 0.118. The van der Waals surface area contributed by atoms with Crippen molar-refractivity contribution >= 4 is 21.8 Å². The number of piperidine rings is 1. The number of nitrogens with zero attached hydrogens (tertiary/aromatic N) is 1. The van der Waals surface area contributed by atoms with Crippen LogP contribution >= 0.6 is 15.9 Å². The van der Waals surface area contributed by atoms with Crippen LogP contribution in [0.3, 0.4) is 0 Å². The zero-order chi connectivity index (χ0) is 11.0. The van der Waals surface area contributed by atoms with Gasteiger partial charge in [0.05, 0.1) is 4.32 Å². The summed E-state index contributed by atoms with van der Waals surface area (Å²) in [5.74, 6) is -2.71. The minimum atomic E-state index is -2.59. The molecule has 0 radical (unpaired) electrons. The lowest BCUT2D eigenvalue weighted by atomic mass is 10.0. The average Bonchev–Trinajstić information content (AvgIpc) is 2.01. The van der Waals surface area contributed by atoms with E-state index in [1.165, 1.54) is 4.90 Å². The predicted molar refractivity (Wildman–Crippen MR) is 53.8 cm³/mol. The van der Waals surface area contributed by atoms with Crippen LogP contribution < -0.4 is 0 Å². The molecule has 1 aliphatic rings. The summed E-state index contributed by atoms with van der Waals surface area (Å²) in [5, 5.41) is 0. The van der Waals surface area contributed by atoms with Gasteiger partial charge in [-0.25, -0.2) is 8.78 Å². The lowest BCUT2D eigenvalue weighted by Crippen LogP contribution is -2.48. The molecule has 0 saturated carbocycles. The lowest BCUT2D eigenvalue weighted by Gasteiger charge is -2.34. The molecule has 14 heavy (non-hydrogen) atoms. The van der Waals surface area contributed by atoms with Crippen LogP contribution in [0.2, 0.25) is 0 Å². The highest BCUT2D eigenvalue weighted by Crippen LogP contribution is 2.30. The quantitative estimate of drug-likeness (QED) is 0.670. The number of carbonyl (C=O) groups is 1. The normalized spacial score (nSPS) is 22.2. The molecule has 0 atom stereocenters. The van der Waals surface area contributed by atoms with E-state index in [9.17, 15) is 13.6 Å². The number of hydrogen-bond acceptors (Lipinski definition) is 1. The molecule has 1 fully saturated rings. The molecular formula is C9H14BrF2NO. The number of alkyl halides is 3. The van der Waals surface area contributed by atoms with Crippen molar-refractivity contribution in [1.82, 2.24) is 4.90 Å². The fraction of sp³-hybridized carbons (Fsp3) is 0.889. The standard InChI is InChI=1S/C9H14BrF2NO/c1-8(2,10)7(14)13-5-3-9(11,12)4-6-13/h3-6H2,1-2H3. The lowest BCUT2D eigenvalue weighted by molar-refractivity contribution is -0.138. The van der Waals surface area contributed by atoms with Gasteiger partial charge in [-0.15, -0.1) is 0 Å². The molecule has 0 bridgehead atoms. The molecule has 0 aromatic rings. The van der Waals surface area contributed by atoms with Crippen LogP contribution in [0.4, 0.5) is 8.78 Å². The summed E-state index contributed by atoms with van der Waals surface area (Å²) in [6.07, 6.45) is -0.441. The Morgan fingerprint density at radius 1 is 1.36 bits per heavy atom. The van der Waals surface area contributed by atoms with E-state index in [4.69, 9.17) is 0 Å².